The number of hydrogen-bond donors (Lipinski definition) is 1. The van der Waals surface area contributed by atoms with Crippen LogP contribution in [0.2, 0.25) is 0 Å². The van der Waals surface area contributed by atoms with Gasteiger partial charge in [0.2, 0.25) is 0 Å². The number of rotatable bonds is 2. The van der Waals surface area contributed by atoms with Crippen LogP contribution in [0.1, 0.15) is 17.3 Å². The molecule has 0 fully saturated rings. The molecule has 82 valence electrons. The van der Waals surface area contributed by atoms with Crippen LogP contribution >= 0.6 is 0 Å². The maximum atomic E-state index is 11.4. The Morgan fingerprint density at radius 1 is 1.50 bits per heavy atom. The summed E-state index contributed by atoms with van der Waals surface area (Å²) < 4.78 is 4.81. The van der Waals surface area contributed by atoms with Crippen molar-refractivity contribution >= 4 is 17.0 Å². The van der Waals surface area contributed by atoms with Gasteiger partial charge in [-0.1, -0.05) is 0 Å². The highest BCUT2D eigenvalue weighted by Gasteiger charge is 2.09. The fourth-order valence-corrected chi connectivity index (χ4v) is 1.28. The van der Waals surface area contributed by atoms with Crippen LogP contribution in [-0.4, -0.2) is 27.5 Å². The third-order valence-electron chi connectivity index (χ3n) is 2.00. The minimum absolute atomic E-state index is 0.243. The predicted molar refractivity (Wildman–Crippen MR) is 56.1 cm³/mol. The van der Waals surface area contributed by atoms with Crippen molar-refractivity contribution in [2.24, 2.45) is 0 Å². The number of H-pyrrole nitrogens is 1. The SMILES string of the molecule is CCOC(=O)c1cnc2nc[nH]c(=O)c2c1. The lowest BCUT2D eigenvalue weighted by Crippen LogP contribution is -2.10. The predicted octanol–water partition coefficient (Wildman–Crippen LogP) is 0.495. The zero-order valence-electron chi connectivity index (χ0n) is 8.56. The molecule has 0 saturated carbocycles. The van der Waals surface area contributed by atoms with Crippen LogP contribution in [0.25, 0.3) is 11.0 Å². The molecule has 0 amide bonds. The summed E-state index contributed by atoms with van der Waals surface area (Å²) in [6.45, 7) is 1.99. The number of aromatic amines is 1. The van der Waals surface area contributed by atoms with E-state index in [1.54, 1.807) is 6.92 Å². The minimum Gasteiger partial charge on any atom is -0.462 e. The molecule has 0 saturated heterocycles. The van der Waals surface area contributed by atoms with Crippen molar-refractivity contribution < 1.29 is 9.53 Å². The average molecular weight is 219 g/mol. The smallest absolute Gasteiger partial charge is 0.339 e. The highest BCUT2D eigenvalue weighted by Crippen LogP contribution is 2.07. The molecule has 0 spiro atoms. The van der Waals surface area contributed by atoms with E-state index in [4.69, 9.17) is 4.74 Å². The molecule has 0 atom stereocenters. The first-order valence-corrected chi connectivity index (χ1v) is 4.73. The fourth-order valence-electron chi connectivity index (χ4n) is 1.28. The van der Waals surface area contributed by atoms with Crippen molar-refractivity contribution in [3.63, 3.8) is 0 Å². The van der Waals surface area contributed by atoms with Gasteiger partial charge in [-0.15, -0.1) is 0 Å². The molecule has 16 heavy (non-hydrogen) atoms. The molecule has 0 aliphatic heterocycles. The van der Waals surface area contributed by atoms with Gasteiger partial charge < -0.3 is 9.72 Å². The summed E-state index contributed by atoms with van der Waals surface area (Å²) in [6.07, 6.45) is 2.61. The van der Waals surface area contributed by atoms with Crippen molar-refractivity contribution in [1.82, 2.24) is 15.0 Å². The lowest BCUT2D eigenvalue weighted by Gasteiger charge is -2.01. The Morgan fingerprint density at radius 3 is 3.06 bits per heavy atom. The van der Waals surface area contributed by atoms with Gasteiger partial charge in [0, 0.05) is 6.20 Å². The Morgan fingerprint density at radius 2 is 2.31 bits per heavy atom. The van der Waals surface area contributed by atoms with Crippen LogP contribution in [0, 0.1) is 0 Å². The Balaban J connectivity index is 2.55. The highest BCUT2D eigenvalue weighted by atomic mass is 16.5. The standard InChI is InChI=1S/C10H9N3O3/c1-2-16-10(15)6-3-7-8(11-4-6)12-5-13-9(7)14/h3-5H,2H2,1H3,(H,11,12,13,14). The van der Waals surface area contributed by atoms with Gasteiger partial charge in [0.15, 0.2) is 5.65 Å². The molecule has 0 aliphatic rings. The minimum atomic E-state index is -0.500. The van der Waals surface area contributed by atoms with Crippen LogP contribution in [0.5, 0.6) is 0 Å². The number of hydrogen-bond acceptors (Lipinski definition) is 5. The van der Waals surface area contributed by atoms with E-state index < -0.39 is 5.97 Å². The number of fused-ring (bicyclic) bond motifs is 1. The van der Waals surface area contributed by atoms with Crippen molar-refractivity contribution in [1.29, 1.82) is 0 Å². The summed E-state index contributed by atoms with van der Waals surface area (Å²) in [7, 11) is 0. The van der Waals surface area contributed by atoms with E-state index in [0.717, 1.165) is 0 Å². The molecule has 0 radical (unpaired) electrons. The number of ether oxygens (including phenoxy) is 1. The van der Waals surface area contributed by atoms with Crippen LogP contribution in [0.15, 0.2) is 23.4 Å². The fraction of sp³-hybridized carbons (Fsp3) is 0.200. The zero-order chi connectivity index (χ0) is 11.5. The maximum Gasteiger partial charge on any atom is 0.339 e. The van der Waals surface area contributed by atoms with Gasteiger partial charge in [-0.3, -0.25) is 4.79 Å². The van der Waals surface area contributed by atoms with Crippen molar-refractivity contribution in [2.45, 2.75) is 6.92 Å². The second-order valence-corrected chi connectivity index (χ2v) is 3.05. The topological polar surface area (TPSA) is 84.9 Å². The molecule has 2 heterocycles. The molecule has 6 heteroatoms. The van der Waals surface area contributed by atoms with Gasteiger partial charge >= 0.3 is 5.97 Å². The number of carbonyl (C=O) groups excluding carboxylic acids is 1. The first kappa shape index (κ1) is 10.3. The molecule has 6 nitrogen and oxygen atoms in total. The van der Waals surface area contributed by atoms with Gasteiger partial charge in [0.05, 0.1) is 23.9 Å². The van der Waals surface area contributed by atoms with E-state index in [2.05, 4.69) is 15.0 Å². The summed E-state index contributed by atoms with van der Waals surface area (Å²) in [6, 6.07) is 1.42. The number of carbonyl (C=O) groups is 1. The molecule has 0 aromatic carbocycles. The second-order valence-electron chi connectivity index (χ2n) is 3.05. The summed E-state index contributed by atoms with van der Waals surface area (Å²) in [5.74, 6) is -0.500. The Bertz CT molecular complexity index is 591. The summed E-state index contributed by atoms with van der Waals surface area (Å²) in [4.78, 5) is 33.0. The van der Waals surface area contributed by atoms with Crippen LogP contribution in [0.4, 0.5) is 0 Å². The molecule has 1 N–H and O–H groups in total. The Kier molecular flexibility index (Phi) is 2.63. The van der Waals surface area contributed by atoms with Crippen LogP contribution < -0.4 is 5.56 Å². The third kappa shape index (κ3) is 1.77. The van der Waals surface area contributed by atoms with E-state index in [1.165, 1.54) is 18.6 Å². The Hall–Kier alpha value is -2.24. The van der Waals surface area contributed by atoms with Crippen LogP contribution in [-0.2, 0) is 4.74 Å². The number of pyridine rings is 1. The summed E-state index contributed by atoms with van der Waals surface area (Å²) in [5, 5.41) is 0.271. The van der Waals surface area contributed by atoms with Gasteiger partial charge in [-0.25, -0.2) is 14.8 Å². The summed E-state index contributed by atoms with van der Waals surface area (Å²) >= 11 is 0. The van der Waals surface area contributed by atoms with Crippen molar-refractivity contribution in [3.8, 4) is 0 Å². The van der Waals surface area contributed by atoms with Crippen molar-refractivity contribution in [2.75, 3.05) is 6.61 Å². The molecule has 2 rings (SSSR count). The van der Waals surface area contributed by atoms with E-state index in [0.29, 0.717) is 5.65 Å². The summed E-state index contributed by atoms with van der Waals surface area (Å²) in [5.41, 5.74) is 0.216. The molecular formula is C10H9N3O3. The quantitative estimate of drug-likeness (QED) is 0.743. The first-order valence-electron chi connectivity index (χ1n) is 4.73. The lowest BCUT2D eigenvalue weighted by molar-refractivity contribution is 0.0526. The lowest BCUT2D eigenvalue weighted by atomic mass is 10.2. The van der Waals surface area contributed by atoms with E-state index in [-0.39, 0.29) is 23.1 Å². The van der Waals surface area contributed by atoms with Crippen LogP contribution in [0.3, 0.4) is 0 Å². The molecule has 0 unspecified atom stereocenters. The second kappa shape index (κ2) is 4.09. The molecule has 0 aliphatic carbocycles. The molecule has 2 aromatic heterocycles. The Labute approximate surface area is 90.3 Å². The van der Waals surface area contributed by atoms with Crippen molar-refractivity contribution in [3.05, 3.63) is 34.5 Å². The zero-order valence-corrected chi connectivity index (χ0v) is 8.56. The van der Waals surface area contributed by atoms with Gasteiger partial charge in [0.1, 0.15) is 0 Å². The monoisotopic (exact) mass is 219 g/mol. The highest BCUT2D eigenvalue weighted by molar-refractivity contribution is 5.92. The number of esters is 1. The molecule has 2 aromatic rings. The van der Waals surface area contributed by atoms with Gasteiger partial charge in [0.25, 0.3) is 5.56 Å². The number of nitrogens with one attached hydrogen (secondary N) is 1. The third-order valence-corrected chi connectivity index (χ3v) is 2.00. The van der Waals surface area contributed by atoms with Gasteiger partial charge in [-0.2, -0.15) is 0 Å². The maximum absolute atomic E-state index is 11.4. The first-order chi connectivity index (χ1) is 7.72. The average Bonchev–Trinajstić information content (AvgIpc) is 2.29. The largest absolute Gasteiger partial charge is 0.462 e. The molecular weight excluding hydrogens is 210 g/mol. The molecule has 0 bridgehead atoms. The van der Waals surface area contributed by atoms with Gasteiger partial charge in [-0.05, 0) is 13.0 Å². The normalized spacial score (nSPS) is 10.3. The number of nitrogens with zero attached hydrogens (tertiary/aromatic N) is 2. The van der Waals surface area contributed by atoms with E-state index in [1.807, 2.05) is 0 Å². The number of aromatic nitrogens is 3. The van der Waals surface area contributed by atoms with E-state index in [9.17, 15) is 9.59 Å². The van der Waals surface area contributed by atoms with E-state index >= 15 is 0 Å².